The molecule has 2 rings (SSSR count). The molecule has 0 fully saturated rings. The predicted molar refractivity (Wildman–Crippen MR) is 63.9 cm³/mol. The van der Waals surface area contributed by atoms with E-state index in [1.165, 1.54) is 0 Å². The van der Waals surface area contributed by atoms with Gasteiger partial charge in [0.05, 0.1) is 24.2 Å². The van der Waals surface area contributed by atoms with E-state index in [0.29, 0.717) is 19.7 Å². The third-order valence-corrected chi connectivity index (χ3v) is 2.37. The Morgan fingerprint density at radius 2 is 2.39 bits per heavy atom. The maximum absolute atomic E-state index is 5.12. The molecule has 0 saturated heterocycles. The molecule has 0 aliphatic heterocycles. The number of aryl methyl sites for hydroxylation is 1. The molecular weight excluding hydrogens is 234 g/mol. The van der Waals surface area contributed by atoms with Crippen LogP contribution in [0.4, 0.5) is 0 Å². The SMILES string of the molecule is COCCNCc1cn(Cc2cc(C)no2)nn1. The summed E-state index contributed by atoms with van der Waals surface area (Å²) in [6, 6.07) is 1.89. The molecule has 18 heavy (non-hydrogen) atoms. The second-order valence-corrected chi connectivity index (χ2v) is 4.01. The highest BCUT2D eigenvalue weighted by atomic mass is 16.5. The normalized spacial score (nSPS) is 11.0. The van der Waals surface area contributed by atoms with Gasteiger partial charge in [-0.05, 0) is 6.92 Å². The molecule has 98 valence electrons. The summed E-state index contributed by atoms with van der Waals surface area (Å²) in [5, 5.41) is 15.1. The highest BCUT2D eigenvalue weighted by Gasteiger charge is 2.04. The van der Waals surface area contributed by atoms with Crippen LogP contribution in [0.3, 0.4) is 0 Å². The van der Waals surface area contributed by atoms with Crippen molar-refractivity contribution >= 4 is 0 Å². The second-order valence-electron chi connectivity index (χ2n) is 4.01. The fourth-order valence-electron chi connectivity index (χ4n) is 1.54. The van der Waals surface area contributed by atoms with E-state index in [4.69, 9.17) is 9.26 Å². The number of nitrogens with one attached hydrogen (secondary N) is 1. The van der Waals surface area contributed by atoms with Crippen molar-refractivity contribution in [3.63, 3.8) is 0 Å². The third kappa shape index (κ3) is 3.64. The molecule has 2 heterocycles. The van der Waals surface area contributed by atoms with Gasteiger partial charge in [-0.2, -0.15) is 0 Å². The fraction of sp³-hybridized carbons (Fsp3) is 0.545. The molecule has 0 spiro atoms. The van der Waals surface area contributed by atoms with Crippen molar-refractivity contribution in [3.8, 4) is 0 Å². The van der Waals surface area contributed by atoms with Crippen LogP contribution in [-0.2, 0) is 17.8 Å². The van der Waals surface area contributed by atoms with Crippen molar-refractivity contribution in [2.24, 2.45) is 0 Å². The van der Waals surface area contributed by atoms with Gasteiger partial charge < -0.3 is 14.6 Å². The molecule has 0 aliphatic carbocycles. The van der Waals surface area contributed by atoms with Gasteiger partial charge in [-0.15, -0.1) is 5.10 Å². The lowest BCUT2D eigenvalue weighted by Crippen LogP contribution is -2.18. The number of nitrogens with zero attached hydrogens (tertiary/aromatic N) is 4. The second kappa shape index (κ2) is 6.27. The van der Waals surface area contributed by atoms with Crippen molar-refractivity contribution in [2.75, 3.05) is 20.3 Å². The summed E-state index contributed by atoms with van der Waals surface area (Å²) in [4.78, 5) is 0. The summed E-state index contributed by atoms with van der Waals surface area (Å²) < 4.78 is 11.8. The number of aromatic nitrogens is 4. The highest BCUT2D eigenvalue weighted by molar-refractivity contribution is 5.03. The van der Waals surface area contributed by atoms with E-state index in [0.717, 1.165) is 23.7 Å². The summed E-state index contributed by atoms with van der Waals surface area (Å²) in [6.07, 6.45) is 1.89. The molecule has 7 nitrogen and oxygen atoms in total. The minimum absolute atomic E-state index is 0.548. The molecule has 0 radical (unpaired) electrons. The first-order chi connectivity index (χ1) is 8.78. The Morgan fingerprint density at radius 1 is 1.50 bits per heavy atom. The summed E-state index contributed by atoms with van der Waals surface area (Å²) in [7, 11) is 1.68. The van der Waals surface area contributed by atoms with E-state index >= 15 is 0 Å². The van der Waals surface area contributed by atoms with Crippen LogP contribution in [0.1, 0.15) is 17.1 Å². The molecular formula is C11H17N5O2. The molecule has 0 bridgehead atoms. The van der Waals surface area contributed by atoms with E-state index in [-0.39, 0.29) is 0 Å². The smallest absolute Gasteiger partial charge is 0.158 e. The van der Waals surface area contributed by atoms with Gasteiger partial charge in [-0.1, -0.05) is 10.4 Å². The molecule has 0 amide bonds. The number of ether oxygens (including phenoxy) is 1. The zero-order valence-corrected chi connectivity index (χ0v) is 10.6. The summed E-state index contributed by atoms with van der Waals surface area (Å²) in [5.41, 5.74) is 1.76. The summed E-state index contributed by atoms with van der Waals surface area (Å²) in [5.74, 6) is 0.774. The molecule has 0 saturated carbocycles. The summed E-state index contributed by atoms with van der Waals surface area (Å²) >= 11 is 0. The maximum atomic E-state index is 5.12. The molecule has 0 aromatic carbocycles. The lowest BCUT2D eigenvalue weighted by atomic mass is 10.4. The van der Waals surface area contributed by atoms with E-state index in [1.807, 2.05) is 19.2 Å². The van der Waals surface area contributed by atoms with Crippen LogP contribution >= 0.6 is 0 Å². The largest absolute Gasteiger partial charge is 0.383 e. The fourth-order valence-corrected chi connectivity index (χ4v) is 1.54. The molecule has 0 unspecified atom stereocenters. The van der Waals surface area contributed by atoms with Gasteiger partial charge in [0, 0.05) is 26.3 Å². The van der Waals surface area contributed by atoms with Crippen molar-refractivity contribution in [1.82, 2.24) is 25.5 Å². The topological polar surface area (TPSA) is 78.0 Å². The molecule has 2 aromatic rings. The van der Waals surface area contributed by atoms with Gasteiger partial charge in [0.1, 0.15) is 6.54 Å². The van der Waals surface area contributed by atoms with Crippen molar-refractivity contribution in [2.45, 2.75) is 20.0 Å². The van der Waals surface area contributed by atoms with Crippen LogP contribution in [0.25, 0.3) is 0 Å². The quantitative estimate of drug-likeness (QED) is 0.716. The Labute approximate surface area is 105 Å². The first-order valence-electron chi connectivity index (χ1n) is 5.79. The first-order valence-corrected chi connectivity index (χ1v) is 5.79. The van der Waals surface area contributed by atoms with Crippen LogP contribution in [0.5, 0.6) is 0 Å². The maximum Gasteiger partial charge on any atom is 0.158 e. The number of methoxy groups -OCH3 is 1. The predicted octanol–water partition coefficient (Wildman–Crippen LogP) is 0.359. The van der Waals surface area contributed by atoms with E-state index in [1.54, 1.807) is 11.8 Å². The lowest BCUT2D eigenvalue weighted by Gasteiger charge is -1.99. The Morgan fingerprint density at radius 3 is 3.11 bits per heavy atom. The molecule has 7 heteroatoms. The zero-order chi connectivity index (χ0) is 12.8. The van der Waals surface area contributed by atoms with Crippen LogP contribution < -0.4 is 5.32 Å². The van der Waals surface area contributed by atoms with Gasteiger partial charge >= 0.3 is 0 Å². The highest BCUT2D eigenvalue weighted by Crippen LogP contribution is 2.04. The van der Waals surface area contributed by atoms with Crippen LogP contribution in [-0.4, -0.2) is 40.4 Å². The average Bonchev–Trinajstić information content (AvgIpc) is 2.95. The molecule has 0 atom stereocenters. The zero-order valence-electron chi connectivity index (χ0n) is 10.6. The Kier molecular flexibility index (Phi) is 4.43. The average molecular weight is 251 g/mol. The number of hydrogen-bond acceptors (Lipinski definition) is 6. The van der Waals surface area contributed by atoms with Crippen molar-refractivity contribution in [1.29, 1.82) is 0 Å². The number of hydrogen-bond donors (Lipinski definition) is 1. The van der Waals surface area contributed by atoms with Crippen molar-refractivity contribution < 1.29 is 9.26 Å². The van der Waals surface area contributed by atoms with Crippen LogP contribution in [0.2, 0.25) is 0 Å². The Bertz CT molecular complexity index is 479. The Balaban J connectivity index is 1.82. The van der Waals surface area contributed by atoms with Crippen LogP contribution in [0.15, 0.2) is 16.8 Å². The Hall–Kier alpha value is -1.73. The monoisotopic (exact) mass is 251 g/mol. The van der Waals surface area contributed by atoms with Gasteiger partial charge in [-0.3, -0.25) is 0 Å². The van der Waals surface area contributed by atoms with Crippen LogP contribution in [0, 0.1) is 6.92 Å². The van der Waals surface area contributed by atoms with Gasteiger partial charge in [0.15, 0.2) is 5.76 Å². The van der Waals surface area contributed by atoms with Gasteiger partial charge in [0.25, 0.3) is 0 Å². The standard InChI is InChI=1S/C11H17N5O2/c1-9-5-11(18-14-9)8-16-7-10(13-15-16)6-12-3-4-17-2/h5,7,12H,3-4,6,8H2,1-2H3. The minimum atomic E-state index is 0.548. The molecule has 2 aromatic heterocycles. The lowest BCUT2D eigenvalue weighted by molar-refractivity contribution is 0.199. The molecule has 1 N–H and O–H groups in total. The van der Waals surface area contributed by atoms with E-state index in [2.05, 4.69) is 20.8 Å². The first kappa shape index (κ1) is 12.7. The van der Waals surface area contributed by atoms with E-state index < -0.39 is 0 Å². The van der Waals surface area contributed by atoms with Gasteiger partial charge in [0.2, 0.25) is 0 Å². The number of rotatable bonds is 7. The third-order valence-electron chi connectivity index (χ3n) is 2.37. The minimum Gasteiger partial charge on any atom is -0.383 e. The summed E-state index contributed by atoms with van der Waals surface area (Å²) in [6.45, 7) is 4.60. The molecule has 0 aliphatic rings. The van der Waals surface area contributed by atoms with Crippen molar-refractivity contribution in [3.05, 3.63) is 29.4 Å². The van der Waals surface area contributed by atoms with Gasteiger partial charge in [-0.25, -0.2) is 4.68 Å². The van der Waals surface area contributed by atoms with E-state index in [9.17, 15) is 0 Å².